The minimum Gasteiger partial charge on any atom is -0.271 e. The van der Waals surface area contributed by atoms with Crippen molar-refractivity contribution in [2.24, 2.45) is 5.10 Å². The lowest BCUT2D eigenvalue weighted by Gasteiger charge is -2.17. The molecule has 0 aliphatic heterocycles. The van der Waals surface area contributed by atoms with E-state index in [1.54, 1.807) is 12.1 Å². The molecule has 1 aromatic carbocycles. The lowest BCUT2D eigenvalue weighted by molar-refractivity contribution is -0.380. The third-order valence-electron chi connectivity index (χ3n) is 3.71. The van der Waals surface area contributed by atoms with Crippen LogP contribution in [0.5, 0.6) is 0 Å². The molecule has 1 amide bonds. The molecule has 0 spiro atoms. The lowest BCUT2D eigenvalue weighted by atomic mass is 10.2. The van der Waals surface area contributed by atoms with E-state index in [2.05, 4.69) is 15.2 Å². The van der Waals surface area contributed by atoms with E-state index in [0.717, 1.165) is 16.9 Å². The van der Waals surface area contributed by atoms with Gasteiger partial charge in [-0.3, -0.25) is 14.9 Å². The number of nitrogens with zero attached hydrogens (tertiary/aromatic N) is 2. The van der Waals surface area contributed by atoms with Crippen LogP contribution in [0, 0.1) is 17.0 Å². The number of hydrogen-bond donors (Lipinski definition) is 2. The number of amides is 1. The van der Waals surface area contributed by atoms with Crippen molar-refractivity contribution in [3.8, 4) is 0 Å². The molecule has 0 fully saturated rings. The normalized spacial score (nSPS) is 12.8. The van der Waals surface area contributed by atoms with Crippen LogP contribution in [0.4, 0.5) is 5.00 Å². The number of thiophene rings is 1. The molecule has 9 nitrogen and oxygen atoms in total. The highest BCUT2D eigenvalue weighted by Crippen LogP contribution is 2.22. The van der Waals surface area contributed by atoms with Gasteiger partial charge in [0.15, 0.2) is 0 Å². The quantitative estimate of drug-likeness (QED) is 0.321. The van der Waals surface area contributed by atoms with E-state index in [9.17, 15) is 23.3 Å². The number of thioether (sulfide) groups is 1. The Morgan fingerprint density at radius 2 is 2.00 bits per heavy atom. The molecular formula is C17H20N4O5S3. The summed E-state index contributed by atoms with van der Waals surface area (Å²) in [6, 6.07) is 8.14. The van der Waals surface area contributed by atoms with Crippen molar-refractivity contribution in [3.05, 3.63) is 57.0 Å². The van der Waals surface area contributed by atoms with Crippen LogP contribution in [0.3, 0.4) is 0 Å². The Bertz CT molecular complexity index is 987. The summed E-state index contributed by atoms with van der Waals surface area (Å²) in [5.74, 6) is -0.0490. The number of carbonyl (C=O) groups is 1. The fourth-order valence-corrected chi connectivity index (χ4v) is 4.59. The van der Waals surface area contributed by atoms with Crippen LogP contribution in [-0.2, 0) is 14.8 Å². The van der Waals surface area contributed by atoms with Gasteiger partial charge in [0.05, 0.1) is 20.9 Å². The number of aryl methyl sites for hydroxylation is 1. The first-order valence-electron chi connectivity index (χ1n) is 8.38. The van der Waals surface area contributed by atoms with E-state index in [0.29, 0.717) is 10.6 Å². The Balaban J connectivity index is 2.07. The number of hydrazone groups is 1. The maximum absolute atomic E-state index is 12.6. The highest BCUT2D eigenvalue weighted by Gasteiger charge is 2.25. The summed E-state index contributed by atoms with van der Waals surface area (Å²) in [6.45, 7) is 1.85. The van der Waals surface area contributed by atoms with Crippen molar-refractivity contribution in [3.63, 3.8) is 0 Å². The van der Waals surface area contributed by atoms with Crippen LogP contribution in [0.25, 0.3) is 0 Å². The third-order valence-corrected chi connectivity index (χ3v) is 6.82. The van der Waals surface area contributed by atoms with Crippen molar-refractivity contribution >= 4 is 50.2 Å². The van der Waals surface area contributed by atoms with Gasteiger partial charge in [0.1, 0.15) is 6.04 Å². The topological polar surface area (TPSA) is 131 Å². The fourth-order valence-electron chi connectivity index (χ4n) is 2.20. The van der Waals surface area contributed by atoms with Crippen molar-refractivity contribution in [2.45, 2.75) is 24.3 Å². The second kappa shape index (κ2) is 10.5. The number of nitro groups is 1. The summed E-state index contributed by atoms with van der Waals surface area (Å²) < 4.78 is 27.6. The first kappa shape index (κ1) is 23.0. The molecule has 1 heterocycles. The zero-order chi connectivity index (χ0) is 21.4. The van der Waals surface area contributed by atoms with Gasteiger partial charge in [0.25, 0.3) is 5.91 Å². The standard InChI is InChI=1S/C17H20N4O5S3/c1-12-3-6-14(7-4-12)29(25,26)20-15(9-10-27-2)17(22)19-18-11-13-5-8-16(28-13)21(23)24/h3-8,11,15,20H,9-10H2,1-2H3,(H,19,22)/b18-11+/t15-/m0/s1. The number of nitrogens with one attached hydrogen (secondary N) is 2. The SMILES string of the molecule is CSCC[C@H](NS(=O)(=O)c1ccc(C)cc1)C(=O)N/N=C/c1ccc([N+](=O)[O-])s1. The number of hydrogen-bond acceptors (Lipinski definition) is 8. The molecule has 1 aromatic heterocycles. The van der Waals surface area contributed by atoms with Gasteiger partial charge in [0.2, 0.25) is 10.0 Å². The monoisotopic (exact) mass is 456 g/mol. The molecule has 2 rings (SSSR count). The molecule has 0 unspecified atom stereocenters. The minimum atomic E-state index is -3.88. The number of sulfonamides is 1. The number of carbonyl (C=O) groups excluding carboxylic acids is 1. The zero-order valence-corrected chi connectivity index (χ0v) is 18.1. The molecule has 0 saturated carbocycles. The van der Waals surface area contributed by atoms with E-state index in [4.69, 9.17) is 0 Å². The van der Waals surface area contributed by atoms with E-state index in [1.807, 2.05) is 13.2 Å². The van der Waals surface area contributed by atoms with Crippen molar-refractivity contribution in [2.75, 3.05) is 12.0 Å². The van der Waals surface area contributed by atoms with Crippen LogP contribution in [-0.4, -0.2) is 43.5 Å². The van der Waals surface area contributed by atoms with Gasteiger partial charge in [-0.15, -0.1) is 0 Å². The van der Waals surface area contributed by atoms with E-state index < -0.39 is 26.9 Å². The molecule has 2 N–H and O–H groups in total. The minimum absolute atomic E-state index is 0.0403. The Kier molecular flexibility index (Phi) is 8.32. The summed E-state index contributed by atoms with van der Waals surface area (Å²) >= 11 is 2.39. The highest BCUT2D eigenvalue weighted by atomic mass is 32.2. The third kappa shape index (κ3) is 6.92. The van der Waals surface area contributed by atoms with Gasteiger partial charge in [-0.05, 0) is 43.6 Å². The summed E-state index contributed by atoms with van der Waals surface area (Å²) in [5, 5.41) is 14.4. The Morgan fingerprint density at radius 3 is 2.59 bits per heavy atom. The van der Waals surface area contributed by atoms with E-state index in [-0.39, 0.29) is 16.3 Å². The van der Waals surface area contributed by atoms with Gasteiger partial charge in [-0.25, -0.2) is 13.8 Å². The van der Waals surface area contributed by atoms with Crippen LogP contribution in [0.1, 0.15) is 16.9 Å². The molecule has 12 heteroatoms. The summed E-state index contributed by atoms with van der Waals surface area (Å²) in [6.07, 6.45) is 3.40. The summed E-state index contributed by atoms with van der Waals surface area (Å²) in [7, 11) is -3.88. The molecule has 0 radical (unpaired) electrons. The zero-order valence-electron chi connectivity index (χ0n) is 15.7. The lowest BCUT2D eigenvalue weighted by Crippen LogP contribution is -2.45. The molecule has 0 saturated heterocycles. The van der Waals surface area contributed by atoms with Crippen molar-refractivity contribution in [1.82, 2.24) is 10.1 Å². The van der Waals surface area contributed by atoms with Gasteiger partial charge >= 0.3 is 5.00 Å². The van der Waals surface area contributed by atoms with E-state index >= 15 is 0 Å². The Labute approximate surface area is 176 Å². The van der Waals surface area contributed by atoms with Gasteiger partial charge in [-0.1, -0.05) is 29.0 Å². The second-order valence-corrected chi connectivity index (χ2v) is 9.73. The molecule has 1 atom stereocenters. The van der Waals surface area contributed by atoms with Crippen molar-refractivity contribution < 1.29 is 18.1 Å². The summed E-state index contributed by atoms with van der Waals surface area (Å²) in [4.78, 5) is 23.2. The largest absolute Gasteiger partial charge is 0.324 e. The second-order valence-electron chi connectivity index (χ2n) is 5.94. The highest BCUT2D eigenvalue weighted by molar-refractivity contribution is 7.98. The first-order valence-corrected chi connectivity index (χ1v) is 12.1. The summed E-state index contributed by atoms with van der Waals surface area (Å²) in [5.41, 5.74) is 3.21. The molecule has 0 aliphatic carbocycles. The smallest absolute Gasteiger partial charge is 0.271 e. The van der Waals surface area contributed by atoms with Crippen molar-refractivity contribution in [1.29, 1.82) is 0 Å². The maximum atomic E-state index is 12.6. The van der Waals surface area contributed by atoms with Crippen LogP contribution in [0.2, 0.25) is 0 Å². The predicted molar refractivity (Wildman–Crippen MR) is 115 cm³/mol. The van der Waals surface area contributed by atoms with Crippen LogP contribution < -0.4 is 10.1 Å². The molecule has 0 aliphatic rings. The maximum Gasteiger partial charge on any atom is 0.324 e. The van der Waals surface area contributed by atoms with Gasteiger partial charge in [-0.2, -0.15) is 21.6 Å². The predicted octanol–water partition coefficient (Wildman–Crippen LogP) is 2.52. The Morgan fingerprint density at radius 1 is 1.31 bits per heavy atom. The molecule has 156 valence electrons. The first-order chi connectivity index (χ1) is 13.7. The molecule has 29 heavy (non-hydrogen) atoms. The van der Waals surface area contributed by atoms with Gasteiger partial charge < -0.3 is 0 Å². The number of rotatable bonds is 10. The van der Waals surface area contributed by atoms with Gasteiger partial charge in [0, 0.05) is 6.07 Å². The van der Waals surface area contributed by atoms with Crippen LogP contribution in [0.15, 0.2) is 46.4 Å². The number of benzene rings is 1. The fraction of sp³-hybridized carbons (Fsp3) is 0.294. The average Bonchev–Trinajstić information content (AvgIpc) is 3.14. The average molecular weight is 457 g/mol. The van der Waals surface area contributed by atoms with E-state index in [1.165, 1.54) is 42.2 Å². The molecular weight excluding hydrogens is 436 g/mol. The molecule has 2 aromatic rings. The Hall–Kier alpha value is -2.28. The molecule has 0 bridgehead atoms. The van der Waals surface area contributed by atoms with Crippen LogP contribution >= 0.6 is 23.1 Å².